The Morgan fingerprint density at radius 3 is 3.08 bits per heavy atom. The fourth-order valence-corrected chi connectivity index (χ4v) is 1.40. The minimum atomic E-state index is -0.456. The molecule has 5 heteroatoms. The van der Waals surface area contributed by atoms with Crippen molar-refractivity contribution in [1.29, 1.82) is 0 Å². The van der Waals surface area contributed by atoms with E-state index >= 15 is 0 Å². The lowest BCUT2D eigenvalue weighted by Gasteiger charge is -2.20. The van der Waals surface area contributed by atoms with E-state index in [2.05, 4.69) is 5.32 Å². The van der Waals surface area contributed by atoms with Crippen molar-refractivity contribution in [3.05, 3.63) is 0 Å². The summed E-state index contributed by atoms with van der Waals surface area (Å²) in [5.74, 6) is -0.501. The molecule has 0 aromatic rings. The van der Waals surface area contributed by atoms with Crippen LogP contribution in [0.4, 0.5) is 0 Å². The lowest BCUT2D eigenvalue weighted by Crippen LogP contribution is -2.45. The van der Waals surface area contributed by atoms with E-state index in [-0.39, 0.29) is 18.5 Å². The number of nitrogens with one attached hydrogen (secondary N) is 1. The molecule has 13 heavy (non-hydrogen) atoms. The van der Waals surface area contributed by atoms with Crippen LogP contribution in [0, 0.1) is 0 Å². The first kappa shape index (κ1) is 9.98. The molecule has 74 valence electrons. The second kappa shape index (κ2) is 4.23. The number of rotatable bonds is 2. The normalized spacial score (nSPS) is 24.2. The monoisotopic (exact) mass is 185 g/mol. The predicted octanol–water partition coefficient (Wildman–Crippen LogP) is -1.32. The van der Waals surface area contributed by atoms with E-state index in [0.717, 1.165) is 13.0 Å². The van der Waals surface area contributed by atoms with Crippen LogP contribution >= 0.6 is 0 Å². The average Bonchev–Trinajstić information content (AvgIpc) is 2.19. The van der Waals surface area contributed by atoms with E-state index in [9.17, 15) is 9.59 Å². The van der Waals surface area contributed by atoms with Gasteiger partial charge >= 0.3 is 0 Å². The topological polar surface area (TPSA) is 75.4 Å². The van der Waals surface area contributed by atoms with Crippen LogP contribution in [-0.4, -0.2) is 42.4 Å². The SMILES string of the molecule is CC1NCCCN(CC(N)=O)C1=O. The molecule has 3 N–H and O–H groups in total. The number of primary amides is 1. The second-order valence-corrected chi connectivity index (χ2v) is 3.26. The summed E-state index contributed by atoms with van der Waals surface area (Å²) < 4.78 is 0. The van der Waals surface area contributed by atoms with Crippen LogP contribution in [0.5, 0.6) is 0 Å². The Labute approximate surface area is 77.3 Å². The van der Waals surface area contributed by atoms with Crippen molar-refractivity contribution in [3.8, 4) is 0 Å². The van der Waals surface area contributed by atoms with Gasteiger partial charge in [0.1, 0.15) is 0 Å². The molecule has 0 spiro atoms. The summed E-state index contributed by atoms with van der Waals surface area (Å²) in [4.78, 5) is 23.7. The zero-order valence-electron chi connectivity index (χ0n) is 7.75. The number of nitrogens with two attached hydrogens (primary N) is 1. The van der Waals surface area contributed by atoms with Crippen LogP contribution in [-0.2, 0) is 9.59 Å². The smallest absolute Gasteiger partial charge is 0.239 e. The molecule has 5 nitrogen and oxygen atoms in total. The van der Waals surface area contributed by atoms with Gasteiger partial charge in [-0.25, -0.2) is 0 Å². The minimum Gasteiger partial charge on any atom is -0.368 e. The lowest BCUT2D eigenvalue weighted by atomic mass is 10.3. The second-order valence-electron chi connectivity index (χ2n) is 3.26. The highest BCUT2D eigenvalue weighted by atomic mass is 16.2. The Kier molecular flexibility index (Phi) is 3.25. The van der Waals surface area contributed by atoms with Crippen molar-refractivity contribution in [3.63, 3.8) is 0 Å². The Bertz CT molecular complexity index is 217. The molecule has 0 aromatic carbocycles. The van der Waals surface area contributed by atoms with E-state index < -0.39 is 5.91 Å². The van der Waals surface area contributed by atoms with E-state index in [1.54, 1.807) is 6.92 Å². The maximum Gasteiger partial charge on any atom is 0.239 e. The van der Waals surface area contributed by atoms with E-state index in [0.29, 0.717) is 6.54 Å². The van der Waals surface area contributed by atoms with Crippen LogP contribution < -0.4 is 11.1 Å². The number of hydrogen-bond donors (Lipinski definition) is 2. The van der Waals surface area contributed by atoms with E-state index in [1.807, 2.05) is 0 Å². The third-order valence-electron chi connectivity index (χ3n) is 2.08. The first-order valence-corrected chi connectivity index (χ1v) is 4.41. The number of nitrogens with zero attached hydrogens (tertiary/aromatic N) is 1. The van der Waals surface area contributed by atoms with Gasteiger partial charge in [0, 0.05) is 6.54 Å². The third kappa shape index (κ3) is 2.69. The summed E-state index contributed by atoms with van der Waals surface area (Å²) in [6, 6.07) is -0.207. The van der Waals surface area contributed by atoms with Crippen LogP contribution in [0.15, 0.2) is 0 Å². The Morgan fingerprint density at radius 2 is 2.46 bits per heavy atom. The molecule has 0 aliphatic carbocycles. The highest BCUT2D eigenvalue weighted by Gasteiger charge is 2.23. The highest BCUT2D eigenvalue weighted by Crippen LogP contribution is 2.01. The molecular formula is C8H15N3O2. The molecule has 1 rings (SSSR count). The molecule has 0 radical (unpaired) electrons. The molecule has 1 fully saturated rings. The van der Waals surface area contributed by atoms with Crippen molar-refractivity contribution in [1.82, 2.24) is 10.2 Å². The number of carbonyl (C=O) groups excluding carboxylic acids is 2. The Balaban J connectivity index is 2.59. The number of carbonyl (C=O) groups is 2. The van der Waals surface area contributed by atoms with Gasteiger partial charge in [-0.15, -0.1) is 0 Å². The zero-order valence-corrected chi connectivity index (χ0v) is 7.75. The molecule has 0 aromatic heterocycles. The van der Waals surface area contributed by atoms with Gasteiger partial charge in [-0.2, -0.15) is 0 Å². The first-order valence-electron chi connectivity index (χ1n) is 4.41. The van der Waals surface area contributed by atoms with Crippen LogP contribution in [0.1, 0.15) is 13.3 Å². The fourth-order valence-electron chi connectivity index (χ4n) is 1.40. The summed E-state index contributed by atoms with van der Waals surface area (Å²) in [5, 5.41) is 3.05. The first-order chi connectivity index (χ1) is 6.11. The molecule has 0 saturated carbocycles. The zero-order chi connectivity index (χ0) is 9.84. The molecule has 1 heterocycles. The standard InChI is InChI=1S/C8H15N3O2/c1-6-8(13)11(5-7(9)12)4-2-3-10-6/h6,10H,2-5H2,1H3,(H2,9,12). The quantitative estimate of drug-likeness (QED) is 0.560. The molecule has 1 unspecified atom stereocenters. The van der Waals surface area contributed by atoms with Crippen LogP contribution in [0.2, 0.25) is 0 Å². The van der Waals surface area contributed by atoms with Gasteiger partial charge in [-0.05, 0) is 19.9 Å². The fraction of sp³-hybridized carbons (Fsp3) is 0.750. The molecule has 1 atom stereocenters. The van der Waals surface area contributed by atoms with Crippen molar-refractivity contribution in [2.45, 2.75) is 19.4 Å². The van der Waals surface area contributed by atoms with Gasteiger partial charge < -0.3 is 16.0 Å². The molecule has 1 saturated heterocycles. The Hall–Kier alpha value is -1.10. The molecule has 1 aliphatic rings. The molecule has 2 amide bonds. The van der Waals surface area contributed by atoms with E-state index in [1.165, 1.54) is 4.90 Å². The van der Waals surface area contributed by atoms with Crippen molar-refractivity contribution in [2.24, 2.45) is 5.73 Å². The largest absolute Gasteiger partial charge is 0.368 e. The van der Waals surface area contributed by atoms with Crippen molar-refractivity contribution < 1.29 is 9.59 Å². The summed E-state index contributed by atoms with van der Waals surface area (Å²) in [6.45, 7) is 3.24. The maximum absolute atomic E-state index is 11.5. The molecule has 0 bridgehead atoms. The molecular weight excluding hydrogens is 170 g/mol. The van der Waals surface area contributed by atoms with Crippen molar-refractivity contribution >= 4 is 11.8 Å². The summed E-state index contributed by atoms with van der Waals surface area (Å²) >= 11 is 0. The summed E-state index contributed by atoms with van der Waals surface area (Å²) in [5.41, 5.74) is 5.03. The Morgan fingerprint density at radius 1 is 1.77 bits per heavy atom. The van der Waals surface area contributed by atoms with Crippen molar-refractivity contribution in [2.75, 3.05) is 19.6 Å². The number of hydrogen-bond acceptors (Lipinski definition) is 3. The minimum absolute atomic E-state index is 0.0326. The maximum atomic E-state index is 11.5. The summed E-state index contributed by atoms with van der Waals surface area (Å²) in [6.07, 6.45) is 0.864. The third-order valence-corrected chi connectivity index (χ3v) is 2.08. The van der Waals surface area contributed by atoms with Crippen LogP contribution in [0.25, 0.3) is 0 Å². The average molecular weight is 185 g/mol. The number of amides is 2. The summed E-state index contributed by atoms with van der Waals surface area (Å²) in [7, 11) is 0. The van der Waals surface area contributed by atoms with Gasteiger partial charge in [0.05, 0.1) is 12.6 Å². The van der Waals surface area contributed by atoms with Gasteiger partial charge in [0.2, 0.25) is 11.8 Å². The predicted molar refractivity (Wildman–Crippen MR) is 47.9 cm³/mol. The highest BCUT2D eigenvalue weighted by molar-refractivity contribution is 5.86. The molecule has 1 aliphatic heterocycles. The lowest BCUT2D eigenvalue weighted by molar-refractivity contribution is -0.135. The van der Waals surface area contributed by atoms with Crippen LogP contribution in [0.3, 0.4) is 0 Å². The van der Waals surface area contributed by atoms with Gasteiger partial charge in [-0.1, -0.05) is 0 Å². The van der Waals surface area contributed by atoms with Gasteiger partial charge in [-0.3, -0.25) is 9.59 Å². The van der Waals surface area contributed by atoms with E-state index in [4.69, 9.17) is 5.73 Å². The van der Waals surface area contributed by atoms with Gasteiger partial charge in [0.25, 0.3) is 0 Å². The van der Waals surface area contributed by atoms with Gasteiger partial charge in [0.15, 0.2) is 0 Å².